The molecular weight excluding hydrogens is 236 g/mol. The van der Waals surface area contributed by atoms with Crippen molar-refractivity contribution in [2.75, 3.05) is 0 Å². The fourth-order valence-electron chi connectivity index (χ4n) is 3.19. The van der Waals surface area contributed by atoms with Crippen LogP contribution in [-0.4, -0.2) is 0 Å². The Balaban J connectivity index is 2.34. The molecule has 1 aromatic heterocycles. The van der Waals surface area contributed by atoms with E-state index in [0.717, 1.165) is 0 Å². The van der Waals surface area contributed by atoms with E-state index in [0.29, 0.717) is 0 Å². The third-order valence-corrected chi connectivity index (χ3v) is 4.78. The molecule has 2 aliphatic rings. The zero-order chi connectivity index (χ0) is 12.3. The molecule has 0 saturated heterocycles. The fourth-order valence-corrected chi connectivity index (χ4v) is 4.20. The van der Waals surface area contributed by atoms with Crippen molar-refractivity contribution in [2.24, 2.45) is 5.41 Å². The van der Waals surface area contributed by atoms with Crippen LogP contribution in [0.15, 0.2) is 35.7 Å². The zero-order valence-electron chi connectivity index (χ0n) is 10.5. The van der Waals surface area contributed by atoms with Crippen molar-refractivity contribution in [3.05, 3.63) is 55.9 Å². The Morgan fingerprint density at radius 3 is 2.72 bits per heavy atom. The second kappa shape index (κ2) is 3.24. The van der Waals surface area contributed by atoms with Crippen LogP contribution in [0.4, 0.5) is 0 Å². The smallest absolute Gasteiger partial charge is 0.0317 e. The predicted octanol–water partition coefficient (Wildman–Crippen LogP) is 1.36. The normalized spacial score (nSPS) is 18.6. The molecular formula is C17H14S. The van der Waals surface area contributed by atoms with Gasteiger partial charge in [-0.1, -0.05) is 44.2 Å². The van der Waals surface area contributed by atoms with Crippen LogP contribution in [-0.2, 0) is 0 Å². The van der Waals surface area contributed by atoms with E-state index in [4.69, 9.17) is 0 Å². The maximum absolute atomic E-state index is 2.42. The summed E-state index contributed by atoms with van der Waals surface area (Å²) in [5.41, 5.74) is 3.04. The van der Waals surface area contributed by atoms with Crippen LogP contribution < -0.4 is 20.2 Å². The summed E-state index contributed by atoms with van der Waals surface area (Å²) in [4.78, 5) is 0. The maximum Gasteiger partial charge on any atom is 0.0317 e. The molecule has 0 aliphatic heterocycles. The first-order valence-electron chi connectivity index (χ1n) is 6.29. The summed E-state index contributed by atoms with van der Waals surface area (Å²) < 4.78 is 1.42. The lowest BCUT2D eigenvalue weighted by Gasteiger charge is -2.26. The van der Waals surface area contributed by atoms with E-state index in [1.54, 1.807) is 0 Å². The summed E-state index contributed by atoms with van der Waals surface area (Å²) >= 11 is 1.85. The van der Waals surface area contributed by atoms with Crippen LogP contribution in [0.3, 0.4) is 0 Å². The molecule has 0 amide bonds. The molecule has 0 N–H and O–H groups in total. The number of hydrogen-bond acceptors (Lipinski definition) is 1. The van der Waals surface area contributed by atoms with Crippen molar-refractivity contribution in [1.82, 2.24) is 0 Å². The van der Waals surface area contributed by atoms with Gasteiger partial charge < -0.3 is 0 Å². The summed E-state index contributed by atoms with van der Waals surface area (Å²) in [5.74, 6) is 0. The van der Waals surface area contributed by atoms with Gasteiger partial charge >= 0.3 is 0 Å². The van der Waals surface area contributed by atoms with Crippen LogP contribution in [0.25, 0.3) is 23.3 Å². The molecule has 18 heavy (non-hydrogen) atoms. The van der Waals surface area contributed by atoms with Gasteiger partial charge in [0.15, 0.2) is 0 Å². The summed E-state index contributed by atoms with van der Waals surface area (Å²) in [6, 6.07) is 11.0. The van der Waals surface area contributed by atoms with Crippen LogP contribution in [0.1, 0.15) is 13.8 Å². The van der Waals surface area contributed by atoms with E-state index in [1.165, 1.54) is 31.3 Å². The van der Waals surface area contributed by atoms with E-state index in [2.05, 4.69) is 61.7 Å². The Morgan fingerprint density at radius 2 is 1.83 bits per heavy atom. The zero-order valence-corrected chi connectivity index (χ0v) is 11.3. The number of benzene rings is 1. The minimum Gasteiger partial charge on any atom is -0.144 e. The molecule has 1 heteroatoms. The van der Waals surface area contributed by atoms with E-state index < -0.39 is 0 Å². The third kappa shape index (κ3) is 1.20. The molecule has 4 rings (SSSR count). The van der Waals surface area contributed by atoms with Gasteiger partial charge in [-0.15, -0.1) is 11.3 Å². The fraction of sp³-hybridized carbons (Fsp3) is 0.176. The molecule has 2 aromatic rings. The van der Waals surface area contributed by atoms with Crippen molar-refractivity contribution in [3.63, 3.8) is 0 Å². The van der Waals surface area contributed by atoms with Gasteiger partial charge in [0.1, 0.15) is 0 Å². The molecule has 1 heterocycles. The van der Waals surface area contributed by atoms with Gasteiger partial charge in [-0.25, -0.2) is 0 Å². The molecule has 0 bridgehead atoms. The Labute approximate surface area is 110 Å². The van der Waals surface area contributed by atoms with Gasteiger partial charge in [0.05, 0.1) is 0 Å². The second-order valence-corrected chi connectivity index (χ2v) is 6.53. The number of thiophene rings is 1. The monoisotopic (exact) mass is 250 g/mol. The average Bonchev–Trinajstić information content (AvgIpc) is 2.90. The van der Waals surface area contributed by atoms with Gasteiger partial charge in [-0.05, 0) is 44.3 Å². The molecule has 1 aromatic carbocycles. The maximum atomic E-state index is 2.42. The first kappa shape index (κ1) is 10.3. The Morgan fingerprint density at radius 1 is 1.00 bits per heavy atom. The Kier molecular flexibility index (Phi) is 1.86. The highest BCUT2D eigenvalue weighted by atomic mass is 32.1. The summed E-state index contributed by atoms with van der Waals surface area (Å²) in [6.07, 6.45) is 4.77. The average molecular weight is 250 g/mol. The molecule has 0 nitrogen and oxygen atoms in total. The lowest BCUT2D eigenvalue weighted by atomic mass is 9.77. The first-order chi connectivity index (χ1) is 8.67. The van der Waals surface area contributed by atoms with Crippen molar-refractivity contribution >= 4 is 34.6 Å². The third-order valence-electron chi connectivity index (χ3n) is 3.92. The molecule has 0 fully saturated rings. The quantitative estimate of drug-likeness (QED) is 0.662. The minimum atomic E-state index is 0.121. The van der Waals surface area contributed by atoms with Crippen LogP contribution in [0.2, 0.25) is 0 Å². The van der Waals surface area contributed by atoms with Crippen molar-refractivity contribution in [1.29, 1.82) is 0 Å². The van der Waals surface area contributed by atoms with Crippen LogP contribution in [0.5, 0.6) is 0 Å². The lowest BCUT2D eigenvalue weighted by molar-refractivity contribution is 0.695. The molecule has 0 saturated carbocycles. The highest BCUT2D eigenvalue weighted by Crippen LogP contribution is 2.37. The van der Waals surface area contributed by atoms with Crippen LogP contribution >= 0.6 is 11.3 Å². The highest BCUT2D eigenvalue weighted by molar-refractivity contribution is 7.07. The standard InChI is InChI=1S/C17H14S/c1-17(2)10-15-13(7-8-18-15)14-9-11-5-3-4-6-12(11)16(14)17/h3-10H,1-2H3. The van der Waals surface area contributed by atoms with E-state index in [1.807, 2.05) is 11.3 Å². The van der Waals surface area contributed by atoms with Gasteiger partial charge in [-0.3, -0.25) is 0 Å². The van der Waals surface area contributed by atoms with Gasteiger partial charge in [0.25, 0.3) is 0 Å². The summed E-state index contributed by atoms with van der Waals surface area (Å²) in [6.45, 7) is 4.64. The van der Waals surface area contributed by atoms with E-state index in [-0.39, 0.29) is 5.41 Å². The highest BCUT2D eigenvalue weighted by Gasteiger charge is 2.29. The lowest BCUT2D eigenvalue weighted by Crippen LogP contribution is -2.34. The summed E-state index contributed by atoms with van der Waals surface area (Å²) in [7, 11) is 0. The minimum absolute atomic E-state index is 0.121. The number of rotatable bonds is 0. The molecule has 0 radical (unpaired) electrons. The van der Waals surface area contributed by atoms with Gasteiger partial charge in [0, 0.05) is 9.95 Å². The van der Waals surface area contributed by atoms with Crippen molar-refractivity contribution in [2.45, 2.75) is 13.8 Å². The second-order valence-electron chi connectivity index (χ2n) is 5.58. The Hall–Kier alpha value is -1.60. The van der Waals surface area contributed by atoms with E-state index in [9.17, 15) is 0 Å². The SMILES string of the molecule is CC1(C)C=c2sccc2=C2C=c3ccccc3=C21. The molecule has 0 spiro atoms. The van der Waals surface area contributed by atoms with Gasteiger partial charge in [-0.2, -0.15) is 0 Å². The van der Waals surface area contributed by atoms with Gasteiger partial charge in [0.2, 0.25) is 0 Å². The first-order valence-corrected chi connectivity index (χ1v) is 7.17. The molecule has 0 atom stereocenters. The summed E-state index contributed by atoms with van der Waals surface area (Å²) in [5, 5.41) is 6.38. The molecule has 0 unspecified atom stereocenters. The van der Waals surface area contributed by atoms with Crippen molar-refractivity contribution < 1.29 is 0 Å². The molecule has 2 aliphatic carbocycles. The predicted molar refractivity (Wildman–Crippen MR) is 78.8 cm³/mol. The number of fused-ring (bicyclic) bond motifs is 3. The largest absolute Gasteiger partial charge is 0.144 e. The van der Waals surface area contributed by atoms with Crippen LogP contribution in [0, 0.1) is 5.41 Å². The molecule has 88 valence electrons. The Bertz CT molecular complexity index is 892. The van der Waals surface area contributed by atoms with Crippen molar-refractivity contribution in [3.8, 4) is 0 Å². The van der Waals surface area contributed by atoms with E-state index >= 15 is 0 Å². The topological polar surface area (TPSA) is 0 Å². The number of hydrogen-bond donors (Lipinski definition) is 0.